The number of hydrogen-bond donors (Lipinski definition) is 1. The lowest BCUT2D eigenvalue weighted by molar-refractivity contribution is 0.0600. The Balaban J connectivity index is 0.00000225. The Morgan fingerprint density at radius 1 is 1.28 bits per heavy atom. The zero-order chi connectivity index (χ0) is 17.1. The summed E-state index contributed by atoms with van der Waals surface area (Å²) < 4.78 is 4.94. The molecule has 0 saturated heterocycles. The second kappa shape index (κ2) is 8.47. The van der Waals surface area contributed by atoms with E-state index in [2.05, 4.69) is 17.1 Å². The second-order valence-corrected chi connectivity index (χ2v) is 6.74. The quantitative estimate of drug-likeness (QED) is 0.823. The number of carbonyl (C=O) groups excluding carboxylic acids is 2. The summed E-state index contributed by atoms with van der Waals surface area (Å²) in [6.07, 6.45) is 0.797. The molecule has 2 aromatic rings. The van der Waals surface area contributed by atoms with E-state index in [1.54, 1.807) is 12.1 Å². The summed E-state index contributed by atoms with van der Waals surface area (Å²) in [5, 5.41) is 3.47. The number of nitrogens with zero attached hydrogens (tertiary/aromatic N) is 1. The zero-order valence-corrected chi connectivity index (χ0v) is 15.8. The number of carbonyl (C=O) groups is 2. The minimum atomic E-state index is -0.388. The van der Waals surface area contributed by atoms with Crippen LogP contribution in [0.4, 0.5) is 5.00 Å². The third kappa shape index (κ3) is 4.03. The van der Waals surface area contributed by atoms with Gasteiger partial charge in [0.05, 0.1) is 12.7 Å². The molecule has 3 rings (SSSR count). The van der Waals surface area contributed by atoms with E-state index in [-0.39, 0.29) is 24.3 Å². The molecule has 0 spiro atoms. The number of benzene rings is 1. The summed E-state index contributed by atoms with van der Waals surface area (Å²) in [6.45, 7) is 4.81. The monoisotopic (exact) mass is 380 g/mol. The van der Waals surface area contributed by atoms with Crippen molar-refractivity contribution in [2.24, 2.45) is 0 Å². The number of esters is 1. The molecule has 134 valence electrons. The van der Waals surface area contributed by atoms with Gasteiger partial charge in [-0.25, -0.2) is 4.79 Å². The van der Waals surface area contributed by atoms with Gasteiger partial charge in [-0.2, -0.15) is 0 Å². The first-order valence-electron chi connectivity index (χ1n) is 7.95. The number of anilines is 1. The molecule has 2 heterocycles. The van der Waals surface area contributed by atoms with Gasteiger partial charge >= 0.3 is 5.97 Å². The van der Waals surface area contributed by atoms with Gasteiger partial charge in [-0.05, 0) is 30.7 Å². The molecule has 1 aliphatic heterocycles. The minimum absolute atomic E-state index is 0. The number of methoxy groups -OCH3 is 1. The lowest BCUT2D eigenvalue weighted by Gasteiger charge is -2.25. The Morgan fingerprint density at radius 2 is 2.00 bits per heavy atom. The molecule has 0 aliphatic carbocycles. The number of thiophene rings is 1. The van der Waals surface area contributed by atoms with Crippen LogP contribution in [0.3, 0.4) is 0 Å². The average molecular weight is 381 g/mol. The van der Waals surface area contributed by atoms with Crippen LogP contribution in [0.15, 0.2) is 30.3 Å². The summed E-state index contributed by atoms with van der Waals surface area (Å²) in [5.74, 6) is -0.604. The Labute approximate surface area is 157 Å². The molecule has 1 amide bonds. The van der Waals surface area contributed by atoms with Gasteiger partial charge < -0.3 is 10.1 Å². The molecular weight excluding hydrogens is 360 g/mol. The average Bonchev–Trinajstić information content (AvgIpc) is 2.98. The fourth-order valence-corrected chi connectivity index (χ4v) is 4.17. The maximum Gasteiger partial charge on any atom is 0.341 e. The number of halogens is 1. The minimum Gasteiger partial charge on any atom is -0.465 e. The molecular formula is C18H21ClN2O3S. The first-order valence-corrected chi connectivity index (χ1v) is 8.77. The van der Waals surface area contributed by atoms with Gasteiger partial charge in [-0.3, -0.25) is 9.69 Å². The van der Waals surface area contributed by atoms with Crippen LogP contribution < -0.4 is 5.32 Å². The summed E-state index contributed by atoms with van der Waals surface area (Å²) in [5.41, 5.74) is 2.09. The van der Waals surface area contributed by atoms with E-state index in [4.69, 9.17) is 4.74 Å². The summed E-state index contributed by atoms with van der Waals surface area (Å²) in [6, 6.07) is 8.99. The fourth-order valence-electron chi connectivity index (χ4n) is 2.90. The van der Waals surface area contributed by atoms with Crippen LogP contribution in [0, 0.1) is 0 Å². The Hall–Kier alpha value is -1.89. The van der Waals surface area contributed by atoms with E-state index in [1.165, 1.54) is 18.4 Å². The molecule has 0 bridgehead atoms. The Morgan fingerprint density at radius 3 is 2.64 bits per heavy atom. The molecule has 0 radical (unpaired) electrons. The molecule has 0 fully saturated rings. The molecule has 0 saturated carbocycles. The lowest BCUT2D eigenvalue weighted by atomic mass is 10.0. The van der Waals surface area contributed by atoms with E-state index in [0.717, 1.165) is 36.5 Å². The first kappa shape index (κ1) is 19.4. The van der Waals surface area contributed by atoms with Crippen molar-refractivity contribution in [2.75, 3.05) is 25.5 Å². The molecule has 1 aromatic carbocycles. The van der Waals surface area contributed by atoms with Gasteiger partial charge in [0.15, 0.2) is 0 Å². The third-order valence-corrected chi connectivity index (χ3v) is 5.37. The highest BCUT2D eigenvalue weighted by molar-refractivity contribution is 7.17. The van der Waals surface area contributed by atoms with Crippen LogP contribution in [-0.2, 0) is 17.7 Å². The molecule has 1 N–H and O–H groups in total. The van der Waals surface area contributed by atoms with Crippen molar-refractivity contribution in [3.63, 3.8) is 0 Å². The van der Waals surface area contributed by atoms with Crippen LogP contribution in [0.1, 0.15) is 38.1 Å². The SMILES string of the molecule is CCN1CCc2c(sc(NC(=O)c3ccccc3)c2C(=O)OC)C1.Cl. The Bertz CT molecular complexity index is 761. The van der Waals surface area contributed by atoms with Crippen LogP contribution in [0.5, 0.6) is 0 Å². The highest BCUT2D eigenvalue weighted by Crippen LogP contribution is 2.37. The fraction of sp³-hybridized carbons (Fsp3) is 0.333. The van der Waals surface area contributed by atoms with Crippen molar-refractivity contribution in [1.82, 2.24) is 4.90 Å². The summed E-state index contributed by atoms with van der Waals surface area (Å²) in [7, 11) is 1.37. The summed E-state index contributed by atoms with van der Waals surface area (Å²) >= 11 is 1.47. The van der Waals surface area contributed by atoms with Gasteiger partial charge in [0, 0.05) is 23.5 Å². The van der Waals surface area contributed by atoms with Gasteiger partial charge in [0.25, 0.3) is 5.91 Å². The third-order valence-electron chi connectivity index (χ3n) is 4.24. The highest BCUT2D eigenvalue weighted by atomic mass is 35.5. The van der Waals surface area contributed by atoms with E-state index in [1.807, 2.05) is 18.2 Å². The smallest absolute Gasteiger partial charge is 0.341 e. The van der Waals surface area contributed by atoms with Gasteiger partial charge in [0.1, 0.15) is 5.00 Å². The molecule has 25 heavy (non-hydrogen) atoms. The zero-order valence-electron chi connectivity index (χ0n) is 14.2. The van der Waals surface area contributed by atoms with E-state index in [9.17, 15) is 9.59 Å². The number of rotatable bonds is 4. The molecule has 1 aliphatic rings. The van der Waals surface area contributed by atoms with Crippen molar-refractivity contribution >= 4 is 40.6 Å². The number of nitrogens with one attached hydrogen (secondary N) is 1. The highest BCUT2D eigenvalue weighted by Gasteiger charge is 2.28. The van der Waals surface area contributed by atoms with Crippen LogP contribution in [0.25, 0.3) is 0 Å². The maximum atomic E-state index is 12.4. The molecule has 7 heteroatoms. The number of fused-ring (bicyclic) bond motifs is 1. The van der Waals surface area contributed by atoms with Crippen molar-refractivity contribution < 1.29 is 14.3 Å². The largest absolute Gasteiger partial charge is 0.465 e. The number of likely N-dealkylation sites (N-methyl/N-ethyl adjacent to an activating group) is 1. The predicted molar refractivity (Wildman–Crippen MR) is 102 cm³/mol. The molecule has 0 unspecified atom stereocenters. The number of ether oxygens (including phenoxy) is 1. The van der Waals surface area contributed by atoms with Crippen LogP contribution in [0.2, 0.25) is 0 Å². The molecule has 5 nitrogen and oxygen atoms in total. The number of hydrogen-bond acceptors (Lipinski definition) is 5. The number of amides is 1. The topological polar surface area (TPSA) is 58.6 Å². The molecule has 1 aromatic heterocycles. The second-order valence-electron chi connectivity index (χ2n) is 5.64. The van der Waals surface area contributed by atoms with E-state index >= 15 is 0 Å². The van der Waals surface area contributed by atoms with Gasteiger partial charge in [-0.1, -0.05) is 25.1 Å². The standard InChI is InChI=1S/C18H20N2O3S.ClH/c1-3-20-10-9-13-14(11-20)24-17(15(13)18(22)23-2)19-16(21)12-7-5-4-6-8-12;/h4-8H,3,9-11H2,1-2H3,(H,19,21);1H. The maximum absolute atomic E-state index is 12.4. The van der Waals surface area contributed by atoms with Crippen molar-refractivity contribution in [1.29, 1.82) is 0 Å². The molecule has 0 atom stereocenters. The lowest BCUT2D eigenvalue weighted by Crippen LogP contribution is -2.29. The first-order chi connectivity index (χ1) is 11.6. The summed E-state index contributed by atoms with van der Waals surface area (Å²) in [4.78, 5) is 28.2. The van der Waals surface area contributed by atoms with Gasteiger partial charge in [-0.15, -0.1) is 23.7 Å². The van der Waals surface area contributed by atoms with Crippen molar-refractivity contribution in [3.8, 4) is 0 Å². The van der Waals surface area contributed by atoms with Crippen LogP contribution in [-0.4, -0.2) is 37.0 Å². The van der Waals surface area contributed by atoms with Crippen LogP contribution >= 0.6 is 23.7 Å². The Kier molecular flexibility index (Phi) is 6.58. The predicted octanol–water partition coefficient (Wildman–Crippen LogP) is 3.59. The van der Waals surface area contributed by atoms with E-state index in [0.29, 0.717) is 16.1 Å². The normalized spacial score (nSPS) is 13.5. The van der Waals surface area contributed by atoms with Gasteiger partial charge in [0.2, 0.25) is 0 Å². The van der Waals surface area contributed by atoms with Crippen molar-refractivity contribution in [2.45, 2.75) is 19.9 Å². The van der Waals surface area contributed by atoms with E-state index < -0.39 is 0 Å². The van der Waals surface area contributed by atoms with Crippen molar-refractivity contribution in [3.05, 3.63) is 51.9 Å².